The normalized spacial score (nSPS) is 19.4. The molecule has 0 radical (unpaired) electrons. The molecule has 0 saturated carbocycles. The molecule has 1 aliphatic rings. The van der Waals surface area contributed by atoms with E-state index in [-0.39, 0.29) is 17.8 Å². The molecule has 1 aliphatic heterocycles. The minimum absolute atomic E-state index is 0.115. The zero-order valence-electron chi connectivity index (χ0n) is 10.9. The zero-order chi connectivity index (χ0) is 14.7. The minimum Gasteiger partial charge on any atom is -0.487 e. The Labute approximate surface area is 114 Å². The van der Waals surface area contributed by atoms with E-state index in [0.717, 1.165) is 0 Å². The molecule has 0 saturated heterocycles. The summed E-state index contributed by atoms with van der Waals surface area (Å²) >= 11 is 0. The first-order chi connectivity index (χ1) is 9.49. The molecule has 7 heteroatoms. The molecule has 1 heterocycles. The lowest BCUT2D eigenvalue weighted by atomic mass is 10.1. The molecule has 0 fully saturated rings. The van der Waals surface area contributed by atoms with Gasteiger partial charge in [0.15, 0.2) is 23.2 Å². The van der Waals surface area contributed by atoms with Crippen molar-refractivity contribution in [2.75, 3.05) is 6.61 Å². The molecule has 0 amide bonds. The van der Waals surface area contributed by atoms with Gasteiger partial charge >= 0.3 is 0 Å². The van der Waals surface area contributed by atoms with Crippen molar-refractivity contribution in [3.05, 3.63) is 29.6 Å². The lowest BCUT2D eigenvalue weighted by molar-refractivity contribution is 0.161. The van der Waals surface area contributed by atoms with E-state index in [0.29, 0.717) is 31.6 Å². The third kappa shape index (κ3) is 3.34. The molecular formula is C13H15F3N2O2. The minimum atomic E-state index is -1.25. The molecule has 4 nitrogen and oxygen atoms in total. The van der Waals surface area contributed by atoms with Gasteiger partial charge in [0.2, 0.25) is 0 Å². The molecule has 1 aromatic carbocycles. The standard InChI is InChI=1S/C13H15F3N2O2/c1-2-8(3-7-6-19-13(17)18-7)20-12-5-10(15)9(14)4-11(12)16/h4-5,7-8H,2-3,6H2,1H3,(H2,17,18)/t7-,8+/m0/s1. The highest BCUT2D eigenvalue weighted by molar-refractivity contribution is 5.73. The van der Waals surface area contributed by atoms with Gasteiger partial charge in [-0.3, -0.25) is 0 Å². The van der Waals surface area contributed by atoms with Crippen molar-refractivity contribution in [2.45, 2.75) is 31.9 Å². The maximum absolute atomic E-state index is 13.5. The van der Waals surface area contributed by atoms with Gasteiger partial charge in [-0.1, -0.05) is 6.92 Å². The number of rotatable bonds is 5. The number of hydrogen-bond donors (Lipinski definition) is 1. The lowest BCUT2D eigenvalue weighted by Crippen LogP contribution is -2.23. The maximum Gasteiger partial charge on any atom is 0.282 e. The number of amidine groups is 1. The number of nitrogens with two attached hydrogens (primary N) is 1. The molecule has 0 spiro atoms. The summed E-state index contributed by atoms with van der Waals surface area (Å²) in [4.78, 5) is 4.04. The molecule has 1 aromatic rings. The third-order valence-electron chi connectivity index (χ3n) is 2.99. The van der Waals surface area contributed by atoms with Crippen molar-refractivity contribution in [3.63, 3.8) is 0 Å². The van der Waals surface area contributed by atoms with E-state index in [1.165, 1.54) is 0 Å². The van der Waals surface area contributed by atoms with Gasteiger partial charge in [-0.05, 0) is 6.42 Å². The van der Waals surface area contributed by atoms with Crippen LogP contribution in [-0.2, 0) is 4.74 Å². The van der Waals surface area contributed by atoms with Crippen LogP contribution in [-0.4, -0.2) is 24.8 Å². The van der Waals surface area contributed by atoms with E-state index >= 15 is 0 Å². The molecule has 0 bridgehead atoms. The predicted octanol–water partition coefficient (Wildman–Crippen LogP) is 2.36. The summed E-state index contributed by atoms with van der Waals surface area (Å²) in [6, 6.07) is 1.11. The van der Waals surface area contributed by atoms with E-state index in [2.05, 4.69) is 4.99 Å². The predicted molar refractivity (Wildman–Crippen MR) is 67.0 cm³/mol. The van der Waals surface area contributed by atoms with Crippen LogP contribution in [0.3, 0.4) is 0 Å². The molecular weight excluding hydrogens is 273 g/mol. The van der Waals surface area contributed by atoms with Crippen LogP contribution in [0.1, 0.15) is 19.8 Å². The number of aliphatic imine (C=N–C) groups is 1. The largest absolute Gasteiger partial charge is 0.487 e. The van der Waals surface area contributed by atoms with Crippen LogP contribution in [0.15, 0.2) is 17.1 Å². The van der Waals surface area contributed by atoms with Crippen LogP contribution in [0, 0.1) is 17.5 Å². The fourth-order valence-electron chi connectivity index (χ4n) is 1.93. The van der Waals surface area contributed by atoms with Crippen LogP contribution >= 0.6 is 0 Å². The quantitative estimate of drug-likeness (QED) is 0.846. The Bertz CT molecular complexity index is 523. The van der Waals surface area contributed by atoms with Crippen molar-refractivity contribution < 1.29 is 22.6 Å². The van der Waals surface area contributed by atoms with Gasteiger partial charge in [-0.15, -0.1) is 0 Å². The number of nitrogens with zero attached hydrogens (tertiary/aromatic N) is 1. The van der Waals surface area contributed by atoms with Crippen molar-refractivity contribution in [1.82, 2.24) is 0 Å². The van der Waals surface area contributed by atoms with E-state index < -0.39 is 23.6 Å². The Kier molecular flexibility index (Phi) is 4.36. The highest BCUT2D eigenvalue weighted by atomic mass is 19.2. The molecule has 0 aromatic heterocycles. The number of hydrogen-bond acceptors (Lipinski definition) is 4. The topological polar surface area (TPSA) is 56.8 Å². The third-order valence-corrected chi connectivity index (χ3v) is 2.99. The lowest BCUT2D eigenvalue weighted by Gasteiger charge is -2.19. The van der Waals surface area contributed by atoms with Gasteiger partial charge < -0.3 is 15.2 Å². The highest BCUT2D eigenvalue weighted by Gasteiger charge is 2.23. The first-order valence-corrected chi connectivity index (χ1v) is 6.26. The Morgan fingerprint density at radius 1 is 1.35 bits per heavy atom. The van der Waals surface area contributed by atoms with Gasteiger partial charge in [0.25, 0.3) is 6.02 Å². The van der Waals surface area contributed by atoms with Crippen molar-refractivity contribution >= 4 is 6.02 Å². The molecule has 2 N–H and O–H groups in total. The Hall–Kier alpha value is -1.92. The van der Waals surface area contributed by atoms with Crippen LogP contribution in [0.4, 0.5) is 13.2 Å². The van der Waals surface area contributed by atoms with Gasteiger partial charge in [0, 0.05) is 18.6 Å². The number of halogens is 3. The Balaban J connectivity index is 2.05. The second-order valence-electron chi connectivity index (χ2n) is 4.51. The van der Waals surface area contributed by atoms with Gasteiger partial charge in [-0.25, -0.2) is 18.2 Å². The molecule has 20 heavy (non-hydrogen) atoms. The Morgan fingerprint density at radius 2 is 2.05 bits per heavy atom. The second kappa shape index (κ2) is 6.02. The van der Waals surface area contributed by atoms with Crippen molar-refractivity contribution in [3.8, 4) is 5.75 Å². The smallest absolute Gasteiger partial charge is 0.282 e. The monoisotopic (exact) mass is 288 g/mol. The van der Waals surface area contributed by atoms with Crippen LogP contribution in [0.2, 0.25) is 0 Å². The summed E-state index contributed by atoms with van der Waals surface area (Å²) in [5.74, 6) is -3.65. The van der Waals surface area contributed by atoms with Crippen molar-refractivity contribution in [2.24, 2.45) is 10.7 Å². The average Bonchev–Trinajstić information content (AvgIpc) is 2.80. The summed E-state index contributed by atoms with van der Waals surface area (Å²) in [6.07, 6.45) is 0.623. The van der Waals surface area contributed by atoms with Crippen LogP contribution < -0.4 is 10.5 Å². The fraction of sp³-hybridized carbons (Fsp3) is 0.462. The van der Waals surface area contributed by atoms with Crippen LogP contribution in [0.5, 0.6) is 5.75 Å². The van der Waals surface area contributed by atoms with Gasteiger partial charge in [0.05, 0.1) is 6.04 Å². The second-order valence-corrected chi connectivity index (χ2v) is 4.51. The van der Waals surface area contributed by atoms with E-state index in [1.54, 1.807) is 0 Å². The summed E-state index contributed by atoms with van der Waals surface area (Å²) in [7, 11) is 0. The van der Waals surface area contributed by atoms with E-state index in [9.17, 15) is 13.2 Å². The summed E-state index contributed by atoms with van der Waals surface area (Å²) < 4.78 is 49.8. The first kappa shape index (κ1) is 14.5. The summed E-state index contributed by atoms with van der Waals surface area (Å²) in [6.45, 7) is 2.18. The molecule has 2 rings (SSSR count). The molecule has 0 unspecified atom stereocenters. The fourth-order valence-corrected chi connectivity index (χ4v) is 1.93. The summed E-state index contributed by atoms with van der Waals surface area (Å²) in [5, 5.41) is 0. The molecule has 2 atom stereocenters. The number of benzene rings is 1. The maximum atomic E-state index is 13.5. The van der Waals surface area contributed by atoms with E-state index in [1.807, 2.05) is 6.92 Å². The van der Waals surface area contributed by atoms with Crippen molar-refractivity contribution in [1.29, 1.82) is 0 Å². The number of ether oxygens (including phenoxy) is 2. The van der Waals surface area contributed by atoms with Gasteiger partial charge in [-0.2, -0.15) is 0 Å². The zero-order valence-corrected chi connectivity index (χ0v) is 10.9. The summed E-state index contributed by atoms with van der Waals surface area (Å²) in [5.41, 5.74) is 5.39. The van der Waals surface area contributed by atoms with Crippen LogP contribution in [0.25, 0.3) is 0 Å². The highest BCUT2D eigenvalue weighted by Crippen LogP contribution is 2.24. The van der Waals surface area contributed by atoms with E-state index in [4.69, 9.17) is 15.2 Å². The average molecular weight is 288 g/mol. The Morgan fingerprint density at radius 3 is 2.65 bits per heavy atom. The SMILES string of the molecule is CC[C@H](C[C@H]1COC(N)=N1)Oc1cc(F)c(F)cc1F. The van der Waals surface area contributed by atoms with Gasteiger partial charge in [0.1, 0.15) is 12.7 Å². The molecule has 0 aliphatic carbocycles. The molecule has 110 valence electrons. The first-order valence-electron chi connectivity index (χ1n) is 6.26.